The van der Waals surface area contributed by atoms with E-state index in [9.17, 15) is 17.4 Å². The molecule has 0 radical (unpaired) electrons. The highest BCUT2D eigenvalue weighted by molar-refractivity contribution is 8.02. The fourth-order valence-electron chi connectivity index (χ4n) is 1.99. The summed E-state index contributed by atoms with van der Waals surface area (Å²) in [5.41, 5.74) is 0. The van der Waals surface area contributed by atoms with Crippen LogP contribution in [0.3, 0.4) is 0 Å². The molecule has 2 rings (SSSR count). The Morgan fingerprint density at radius 1 is 1.32 bits per heavy atom. The molecule has 2 atom stereocenters. The van der Waals surface area contributed by atoms with Crippen molar-refractivity contribution in [2.45, 2.75) is 30.2 Å². The van der Waals surface area contributed by atoms with Crippen LogP contribution in [0, 0.1) is 5.92 Å². The maximum atomic E-state index is 12.5. The summed E-state index contributed by atoms with van der Waals surface area (Å²) in [4.78, 5) is 11.4. The van der Waals surface area contributed by atoms with Crippen LogP contribution in [-0.2, 0) is 24.7 Å². The Kier molecular flexibility index (Phi) is 4.88. The van der Waals surface area contributed by atoms with Crippen molar-refractivity contribution in [2.24, 2.45) is 9.69 Å². The molecule has 0 saturated heterocycles. The minimum Gasteiger partial charge on any atom is -0.480 e. The minimum absolute atomic E-state index is 0.223. The van der Waals surface area contributed by atoms with Crippen molar-refractivity contribution < 1.29 is 22.5 Å². The average Bonchev–Trinajstić information content (AvgIpc) is 3.21. The summed E-state index contributed by atoms with van der Waals surface area (Å²) in [5, 5.41) is 9.09. The molecule has 0 amide bonds. The van der Waals surface area contributed by atoms with Crippen LogP contribution in [0.25, 0.3) is 0 Å². The molecule has 122 valence electrons. The first-order valence-electron chi connectivity index (χ1n) is 6.73. The van der Waals surface area contributed by atoms with E-state index in [0.717, 1.165) is 12.8 Å². The summed E-state index contributed by atoms with van der Waals surface area (Å²) in [5.74, 6) is -1.03. The highest BCUT2D eigenvalue weighted by Crippen LogP contribution is 2.33. The predicted molar refractivity (Wildman–Crippen MR) is 82.0 cm³/mol. The number of rotatable bonds is 7. The standard InChI is InChI=1S/C13H18N2O5S2/c1-21(18,11-5-3-2-4-6-11)15-22(19,20)14-12(13(16)17)9-10-7-8-10/h2-6,10,12,14H,7-9H2,1H3,(H,16,17). The van der Waals surface area contributed by atoms with Gasteiger partial charge in [-0.1, -0.05) is 34.8 Å². The lowest BCUT2D eigenvalue weighted by atomic mass is 10.1. The van der Waals surface area contributed by atoms with Gasteiger partial charge >= 0.3 is 16.2 Å². The Morgan fingerprint density at radius 2 is 1.91 bits per heavy atom. The third-order valence-electron chi connectivity index (χ3n) is 3.28. The molecule has 1 fully saturated rings. The van der Waals surface area contributed by atoms with Gasteiger partial charge in [0, 0.05) is 11.2 Å². The highest BCUT2D eigenvalue weighted by atomic mass is 32.3. The molecule has 9 heteroatoms. The molecule has 2 unspecified atom stereocenters. The third kappa shape index (κ3) is 4.79. The van der Waals surface area contributed by atoms with Gasteiger partial charge in [-0.25, -0.2) is 4.21 Å². The zero-order valence-electron chi connectivity index (χ0n) is 12.0. The lowest BCUT2D eigenvalue weighted by molar-refractivity contribution is -0.139. The lowest BCUT2D eigenvalue weighted by Crippen LogP contribution is -2.40. The van der Waals surface area contributed by atoms with E-state index >= 15 is 0 Å². The summed E-state index contributed by atoms with van der Waals surface area (Å²) in [6, 6.07) is 6.75. The van der Waals surface area contributed by atoms with Crippen molar-refractivity contribution in [2.75, 3.05) is 6.26 Å². The van der Waals surface area contributed by atoms with Crippen LogP contribution in [0.5, 0.6) is 0 Å². The normalized spacial score (nSPS) is 19.1. The molecule has 1 aromatic carbocycles. The van der Waals surface area contributed by atoms with Crippen molar-refractivity contribution in [1.29, 1.82) is 0 Å². The molecule has 0 aliphatic heterocycles. The molecular formula is C13H18N2O5S2. The zero-order chi connectivity index (χ0) is 16.4. The molecule has 22 heavy (non-hydrogen) atoms. The maximum Gasteiger partial charge on any atom is 0.328 e. The van der Waals surface area contributed by atoms with Crippen LogP contribution < -0.4 is 4.72 Å². The summed E-state index contributed by atoms with van der Waals surface area (Å²) < 4.78 is 41.9. The van der Waals surface area contributed by atoms with Crippen LogP contribution in [0.1, 0.15) is 19.3 Å². The highest BCUT2D eigenvalue weighted by Gasteiger charge is 2.32. The van der Waals surface area contributed by atoms with E-state index in [-0.39, 0.29) is 17.2 Å². The van der Waals surface area contributed by atoms with Gasteiger partial charge in [0.15, 0.2) is 0 Å². The van der Waals surface area contributed by atoms with Gasteiger partial charge in [0.25, 0.3) is 0 Å². The van der Waals surface area contributed by atoms with E-state index in [1.165, 1.54) is 18.4 Å². The molecule has 0 bridgehead atoms. The number of nitrogens with zero attached hydrogens (tertiary/aromatic N) is 1. The molecule has 1 saturated carbocycles. The monoisotopic (exact) mass is 346 g/mol. The van der Waals surface area contributed by atoms with Crippen LogP contribution in [-0.4, -0.2) is 36.0 Å². The third-order valence-corrected chi connectivity index (χ3v) is 6.93. The average molecular weight is 346 g/mol. The van der Waals surface area contributed by atoms with Crippen LogP contribution >= 0.6 is 0 Å². The molecule has 2 N–H and O–H groups in total. The van der Waals surface area contributed by atoms with Gasteiger partial charge in [-0.2, -0.15) is 13.1 Å². The van der Waals surface area contributed by atoms with E-state index < -0.39 is 31.9 Å². The van der Waals surface area contributed by atoms with Crippen LogP contribution in [0.2, 0.25) is 0 Å². The SMILES string of the molecule is CS(=O)(=NS(=O)(=O)NC(CC1CC1)C(=O)O)c1ccccc1. The van der Waals surface area contributed by atoms with E-state index in [1.54, 1.807) is 18.2 Å². The minimum atomic E-state index is -4.33. The van der Waals surface area contributed by atoms with Gasteiger partial charge in [0.05, 0.1) is 9.73 Å². The molecule has 1 aromatic rings. The number of carboxylic acids is 1. The Morgan fingerprint density at radius 3 is 2.41 bits per heavy atom. The Hall–Kier alpha value is -1.45. The van der Waals surface area contributed by atoms with Gasteiger partial charge in [0.1, 0.15) is 6.04 Å². The number of nitrogens with one attached hydrogen (secondary N) is 1. The van der Waals surface area contributed by atoms with E-state index in [1.807, 2.05) is 4.72 Å². The van der Waals surface area contributed by atoms with Crippen LogP contribution in [0.4, 0.5) is 0 Å². The summed E-state index contributed by atoms with van der Waals surface area (Å²) in [6.45, 7) is 0. The van der Waals surface area contributed by atoms with Crippen molar-refractivity contribution in [3.8, 4) is 0 Å². The quantitative estimate of drug-likeness (QED) is 0.771. The number of benzene rings is 1. The first-order valence-corrected chi connectivity index (χ1v) is 10.1. The number of carboxylic acid groups (broad SMARTS) is 1. The van der Waals surface area contributed by atoms with E-state index in [0.29, 0.717) is 0 Å². The summed E-state index contributed by atoms with van der Waals surface area (Å²) >= 11 is 0. The Balaban J connectivity index is 2.23. The molecule has 1 aliphatic rings. The van der Waals surface area contributed by atoms with Gasteiger partial charge < -0.3 is 5.11 Å². The number of aliphatic carboxylic acids is 1. The number of hydrogen-bond donors (Lipinski definition) is 2. The largest absolute Gasteiger partial charge is 0.480 e. The summed E-state index contributed by atoms with van der Waals surface area (Å²) in [6.07, 6.45) is 3.23. The Bertz CT molecular complexity index is 763. The second-order valence-electron chi connectivity index (χ2n) is 5.35. The van der Waals surface area contributed by atoms with Crippen molar-refractivity contribution in [1.82, 2.24) is 4.72 Å². The van der Waals surface area contributed by atoms with Gasteiger partial charge in [-0.3, -0.25) is 4.79 Å². The molecule has 0 heterocycles. The van der Waals surface area contributed by atoms with E-state index in [4.69, 9.17) is 5.11 Å². The lowest BCUT2D eigenvalue weighted by Gasteiger charge is -2.12. The van der Waals surface area contributed by atoms with E-state index in [2.05, 4.69) is 3.77 Å². The van der Waals surface area contributed by atoms with Crippen molar-refractivity contribution in [3.05, 3.63) is 30.3 Å². The predicted octanol–water partition coefficient (Wildman–Crippen LogP) is 1.23. The topological polar surface area (TPSA) is 113 Å². The smallest absolute Gasteiger partial charge is 0.328 e. The molecule has 7 nitrogen and oxygen atoms in total. The molecule has 0 spiro atoms. The molecular weight excluding hydrogens is 328 g/mol. The number of carbonyl (C=O) groups is 1. The van der Waals surface area contributed by atoms with Crippen molar-refractivity contribution >= 4 is 25.9 Å². The van der Waals surface area contributed by atoms with Gasteiger partial charge in [-0.05, 0) is 24.5 Å². The van der Waals surface area contributed by atoms with Crippen molar-refractivity contribution in [3.63, 3.8) is 0 Å². The van der Waals surface area contributed by atoms with Gasteiger partial charge in [0.2, 0.25) is 0 Å². The number of hydrogen-bond acceptors (Lipinski definition) is 4. The first kappa shape index (κ1) is 16.9. The maximum absolute atomic E-state index is 12.5. The Labute approximate surface area is 130 Å². The second kappa shape index (κ2) is 6.35. The molecule has 0 aromatic heterocycles. The molecule has 1 aliphatic carbocycles. The zero-order valence-corrected chi connectivity index (χ0v) is 13.6. The fraction of sp³-hybridized carbons (Fsp3) is 0.462. The first-order chi connectivity index (χ1) is 10.2. The van der Waals surface area contributed by atoms with Crippen LogP contribution in [0.15, 0.2) is 39.0 Å². The fourth-order valence-corrected chi connectivity index (χ4v) is 5.22. The summed E-state index contributed by atoms with van der Waals surface area (Å²) in [7, 11) is -7.50. The second-order valence-corrected chi connectivity index (χ2v) is 9.21. The van der Waals surface area contributed by atoms with Gasteiger partial charge in [-0.15, -0.1) is 0 Å².